The average Bonchev–Trinajstić information content (AvgIpc) is 2.89. The fourth-order valence-corrected chi connectivity index (χ4v) is 4.23. The highest BCUT2D eigenvalue weighted by Gasteiger charge is 2.16. The van der Waals surface area contributed by atoms with Gasteiger partial charge in [-0.3, -0.25) is 4.79 Å². The Bertz CT molecular complexity index is 1370. The smallest absolute Gasteiger partial charge is 0.339 e. The molecule has 0 aliphatic carbocycles. The van der Waals surface area contributed by atoms with Gasteiger partial charge in [0.05, 0.1) is 23.3 Å². The maximum atomic E-state index is 13.2. The van der Waals surface area contributed by atoms with Crippen molar-refractivity contribution in [3.05, 3.63) is 114 Å². The summed E-state index contributed by atoms with van der Waals surface area (Å²) in [5.74, 6) is -1.44. The van der Waals surface area contributed by atoms with Crippen LogP contribution in [0.3, 0.4) is 0 Å². The third-order valence-corrected chi connectivity index (χ3v) is 6.27. The van der Waals surface area contributed by atoms with Gasteiger partial charge in [0.15, 0.2) is 0 Å². The Balaban J connectivity index is 1.54. The minimum atomic E-state index is -1.79. The van der Waals surface area contributed by atoms with Crippen LogP contribution in [-0.2, 0) is 15.7 Å². The predicted octanol–water partition coefficient (Wildman–Crippen LogP) is 5.67. The Morgan fingerprint density at radius 3 is 2.14 bits per heavy atom. The number of carbonyl (C=O) groups excluding carboxylic acids is 2. The van der Waals surface area contributed by atoms with Gasteiger partial charge in [-0.1, -0.05) is 42.5 Å². The number of rotatable bonds is 7. The zero-order chi connectivity index (χ0) is 24.8. The van der Waals surface area contributed by atoms with Crippen LogP contribution in [0.1, 0.15) is 20.7 Å². The molecule has 1 unspecified atom stereocenters. The van der Waals surface area contributed by atoms with Gasteiger partial charge in [0.2, 0.25) is 0 Å². The molecular weight excluding hydrogens is 467 g/mol. The number of amides is 1. The summed E-state index contributed by atoms with van der Waals surface area (Å²) in [7, 11) is -0.553. The van der Waals surface area contributed by atoms with Gasteiger partial charge < -0.3 is 14.8 Å². The molecule has 0 saturated carbocycles. The summed E-state index contributed by atoms with van der Waals surface area (Å²) < 4.78 is 33.5. The lowest BCUT2D eigenvalue weighted by Crippen LogP contribution is -2.14. The molecule has 0 fully saturated rings. The molecule has 0 bridgehead atoms. The first-order valence-electron chi connectivity index (χ1n) is 10.6. The lowest BCUT2D eigenvalue weighted by Gasteiger charge is -2.13. The molecule has 0 radical (unpaired) electrons. The predicted molar refractivity (Wildman–Crippen MR) is 134 cm³/mol. The number of esters is 1. The number of hydrogen-bond acceptors (Lipinski definition) is 4. The molecule has 8 heteroatoms. The fraction of sp³-hybridized carbons (Fsp3) is 0.0370. The molecule has 1 atom stereocenters. The molecule has 0 saturated heterocycles. The van der Waals surface area contributed by atoms with E-state index in [0.717, 1.165) is 11.1 Å². The molecule has 176 valence electrons. The highest BCUT2D eigenvalue weighted by molar-refractivity contribution is 7.86. The van der Waals surface area contributed by atoms with E-state index in [0.29, 0.717) is 16.1 Å². The number of anilines is 2. The molecule has 0 aromatic heterocycles. The number of halogens is 1. The van der Waals surface area contributed by atoms with Crippen LogP contribution in [0.15, 0.2) is 102 Å². The van der Waals surface area contributed by atoms with Gasteiger partial charge in [-0.25, -0.2) is 13.4 Å². The topological polar surface area (TPSA) is 84.5 Å². The third kappa shape index (κ3) is 5.80. The van der Waals surface area contributed by atoms with E-state index in [2.05, 4.69) is 10.0 Å². The Morgan fingerprint density at radius 1 is 0.829 bits per heavy atom. The molecule has 0 spiro atoms. The minimum absolute atomic E-state index is 0.133. The number of ether oxygens (including phenoxy) is 1. The van der Waals surface area contributed by atoms with Crippen LogP contribution in [0.5, 0.6) is 0 Å². The van der Waals surface area contributed by atoms with Gasteiger partial charge in [0, 0.05) is 11.3 Å². The summed E-state index contributed by atoms with van der Waals surface area (Å²) in [5.41, 5.74) is 3.19. The number of hydrogen-bond donors (Lipinski definition) is 2. The van der Waals surface area contributed by atoms with Crippen LogP contribution in [0.2, 0.25) is 0 Å². The summed E-state index contributed by atoms with van der Waals surface area (Å²) >= 11 is 0. The molecule has 2 N–H and O–H groups in total. The quantitative estimate of drug-likeness (QED) is 0.329. The van der Waals surface area contributed by atoms with E-state index < -0.39 is 22.8 Å². The van der Waals surface area contributed by atoms with Crippen LogP contribution in [0, 0.1) is 5.82 Å². The lowest BCUT2D eigenvalue weighted by molar-refractivity contribution is 0.0602. The minimum Gasteiger partial charge on any atom is -0.465 e. The van der Waals surface area contributed by atoms with Crippen molar-refractivity contribution in [3.8, 4) is 11.1 Å². The number of carbonyl (C=O) groups is 2. The van der Waals surface area contributed by atoms with Crippen molar-refractivity contribution in [2.24, 2.45) is 0 Å². The normalized spacial score (nSPS) is 11.4. The Kier molecular flexibility index (Phi) is 7.32. The van der Waals surface area contributed by atoms with Crippen molar-refractivity contribution in [1.29, 1.82) is 0 Å². The van der Waals surface area contributed by atoms with Gasteiger partial charge in [-0.2, -0.15) is 0 Å². The van der Waals surface area contributed by atoms with Crippen LogP contribution >= 0.6 is 0 Å². The van der Waals surface area contributed by atoms with Gasteiger partial charge in [0.25, 0.3) is 5.91 Å². The first-order valence-corrected chi connectivity index (χ1v) is 11.7. The molecular formula is C27H21FN2O4S. The van der Waals surface area contributed by atoms with Crippen molar-refractivity contribution < 1.29 is 22.9 Å². The Hall–Kier alpha value is -4.30. The first kappa shape index (κ1) is 23.8. The Morgan fingerprint density at radius 2 is 1.49 bits per heavy atom. The maximum absolute atomic E-state index is 13.2. The van der Waals surface area contributed by atoms with Crippen molar-refractivity contribution in [1.82, 2.24) is 0 Å². The summed E-state index contributed by atoms with van der Waals surface area (Å²) in [6, 6.07) is 26.6. The van der Waals surface area contributed by atoms with E-state index in [4.69, 9.17) is 4.74 Å². The van der Waals surface area contributed by atoms with Crippen LogP contribution in [0.4, 0.5) is 15.8 Å². The zero-order valence-electron chi connectivity index (χ0n) is 18.7. The van der Waals surface area contributed by atoms with E-state index in [9.17, 15) is 18.2 Å². The Labute approximate surface area is 204 Å². The van der Waals surface area contributed by atoms with E-state index in [-0.39, 0.29) is 17.2 Å². The van der Waals surface area contributed by atoms with Crippen molar-refractivity contribution in [2.45, 2.75) is 4.90 Å². The second kappa shape index (κ2) is 10.8. The highest BCUT2D eigenvalue weighted by atomic mass is 32.2. The lowest BCUT2D eigenvalue weighted by atomic mass is 10.0. The van der Waals surface area contributed by atoms with E-state index in [1.165, 1.54) is 43.5 Å². The molecule has 1 amide bonds. The molecule has 0 heterocycles. The summed E-state index contributed by atoms with van der Waals surface area (Å²) in [5, 5.41) is 2.78. The van der Waals surface area contributed by atoms with Crippen molar-refractivity contribution >= 4 is 34.2 Å². The number of nitrogens with one attached hydrogen (secondary N) is 2. The second-order valence-corrected chi connectivity index (χ2v) is 8.69. The van der Waals surface area contributed by atoms with Crippen LogP contribution < -0.4 is 10.0 Å². The largest absolute Gasteiger partial charge is 0.465 e. The molecule has 35 heavy (non-hydrogen) atoms. The zero-order valence-corrected chi connectivity index (χ0v) is 19.5. The molecule has 0 aliphatic rings. The molecule has 4 aromatic carbocycles. The van der Waals surface area contributed by atoms with Crippen molar-refractivity contribution in [3.63, 3.8) is 0 Å². The average molecular weight is 489 g/mol. The second-order valence-electron chi connectivity index (χ2n) is 7.47. The van der Waals surface area contributed by atoms with E-state index in [1.54, 1.807) is 18.2 Å². The van der Waals surface area contributed by atoms with E-state index >= 15 is 0 Å². The first-order chi connectivity index (χ1) is 16.9. The van der Waals surface area contributed by atoms with Gasteiger partial charge >= 0.3 is 5.97 Å². The molecule has 6 nitrogen and oxygen atoms in total. The molecule has 0 aliphatic heterocycles. The number of methoxy groups -OCH3 is 1. The summed E-state index contributed by atoms with van der Waals surface area (Å²) in [6.07, 6.45) is 0. The van der Waals surface area contributed by atoms with Gasteiger partial charge in [-0.15, -0.1) is 0 Å². The SMILES string of the molecule is COC(=O)c1ccc(NC(=O)c2ccc(-c3ccccc3)cc2)cc1NS(=O)c1ccc(F)cc1. The van der Waals surface area contributed by atoms with Gasteiger partial charge in [0.1, 0.15) is 16.8 Å². The standard InChI is InChI=1S/C27H21FN2O4S/c1-34-27(32)24-16-13-22(17-25(24)30-35(33)23-14-11-21(28)12-15-23)29-26(31)20-9-7-19(8-10-20)18-5-3-2-4-6-18/h2-17,30H,1H3,(H,29,31). The highest BCUT2D eigenvalue weighted by Crippen LogP contribution is 2.25. The van der Waals surface area contributed by atoms with E-state index in [1.807, 2.05) is 42.5 Å². The molecule has 4 aromatic rings. The molecule has 4 rings (SSSR count). The maximum Gasteiger partial charge on any atom is 0.339 e. The summed E-state index contributed by atoms with van der Waals surface area (Å²) in [6.45, 7) is 0. The third-order valence-electron chi connectivity index (χ3n) is 5.17. The number of benzene rings is 4. The van der Waals surface area contributed by atoms with Crippen LogP contribution in [0.25, 0.3) is 11.1 Å². The van der Waals surface area contributed by atoms with Gasteiger partial charge in [-0.05, 0) is 65.7 Å². The fourth-order valence-electron chi connectivity index (χ4n) is 3.36. The van der Waals surface area contributed by atoms with Crippen molar-refractivity contribution in [2.75, 3.05) is 17.1 Å². The monoisotopic (exact) mass is 488 g/mol. The van der Waals surface area contributed by atoms with Crippen LogP contribution in [-0.4, -0.2) is 23.2 Å². The summed E-state index contributed by atoms with van der Waals surface area (Å²) in [4.78, 5) is 25.3.